The van der Waals surface area contributed by atoms with Gasteiger partial charge >= 0.3 is 6.09 Å². The third-order valence-corrected chi connectivity index (χ3v) is 4.82. The van der Waals surface area contributed by atoms with Crippen molar-refractivity contribution >= 4 is 23.8 Å². The Morgan fingerprint density at radius 2 is 1.77 bits per heavy atom. The van der Waals surface area contributed by atoms with Gasteiger partial charge in [-0.25, -0.2) is 4.79 Å². The van der Waals surface area contributed by atoms with E-state index in [1.165, 1.54) is 4.90 Å². The van der Waals surface area contributed by atoms with E-state index in [1.54, 1.807) is 45.0 Å². The number of carbonyl (C=O) groups excluding carboxylic acids is 4. The van der Waals surface area contributed by atoms with E-state index in [1.807, 2.05) is 20.8 Å². The van der Waals surface area contributed by atoms with Crippen LogP contribution in [-0.4, -0.2) is 52.9 Å². The second kappa shape index (κ2) is 13.4. The molecule has 4 N–H and O–H groups in total. The molecule has 9 nitrogen and oxygen atoms in total. The van der Waals surface area contributed by atoms with Crippen molar-refractivity contribution in [3.8, 4) is 12.3 Å². The third kappa shape index (κ3) is 9.69. The van der Waals surface area contributed by atoms with E-state index in [9.17, 15) is 19.2 Å². The molecule has 0 saturated heterocycles. The normalized spacial score (nSPS) is 12.7. The Hall–Kier alpha value is -3.54. The van der Waals surface area contributed by atoms with Crippen LogP contribution in [0, 0.1) is 12.3 Å². The average molecular weight is 487 g/mol. The van der Waals surface area contributed by atoms with Crippen molar-refractivity contribution in [1.82, 2.24) is 15.5 Å². The van der Waals surface area contributed by atoms with E-state index in [2.05, 4.69) is 16.6 Å². The molecule has 0 saturated carbocycles. The monoisotopic (exact) mass is 486 g/mol. The van der Waals surface area contributed by atoms with Crippen LogP contribution in [0.3, 0.4) is 0 Å². The molecule has 0 aliphatic rings. The van der Waals surface area contributed by atoms with E-state index >= 15 is 0 Å². The number of carbonyl (C=O) groups is 4. The first-order valence-electron chi connectivity index (χ1n) is 11.7. The molecule has 0 fully saturated rings. The van der Waals surface area contributed by atoms with Crippen molar-refractivity contribution in [2.45, 2.75) is 84.5 Å². The highest BCUT2D eigenvalue weighted by Gasteiger charge is 2.37. The lowest BCUT2D eigenvalue weighted by atomic mass is 9.96. The molecule has 0 aliphatic carbocycles. The van der Waals surface area contributed by atoms with Gasteiger partial charge in [0.25, 0.3) is 0 Å². The number of nitrogens with two attached hydrogens (primary N) is 1. The summed E-state index contributed by atoms with van der Waals surface area (Å²) >= 11 is 0. The average Bonchev–Trinajstić information content (AvgIpc) is 2.74. The number of nitrogens with zero attached hydrogens (tertiary/aromatic N) is 1. The van der Waals surface area contributed by atoms with Gasteiger partial charge < -0.3 is 26.0 Å². The van der Waals surface area contributed by atoms with Gasteiger partial charge in [-0.1, -0.05) is 31.0 Å². The van der Waals surface area contributed by atoms with E-state index in [0.29, 0.717) is 17.5 Å². The molecule has 2 unspecified atom stereocenters. The van der Waals surface area contributed by atoms with Gasteiger partial charge in [0.2, 0.25) is 17.7 Å². The molecule has 0 aromatic heterocycles. The summed E-state index contributed by atoms with van der Waals surface area (Å²) in [7, 11) is 0. The first-order chi connectivity index (χ1) is 16.3. The SMILES string of the molecule is C#Cc1ccccc1C(C(=O)NC(C)C)N(CCC)C(=O)C(CCC(N)=O)NC(=O)OC(C)(C)C. The first-order valence-corrected chi connectivity index (χ1v) is 11.7. The fraction of sp³-hybridized carbons (Fsp3) is 0.538. The van der Waals surface area contributed by atoms with Crippen LogP contribution < -0.4 is 16.4 Å². The van der Waals surface area contributed by atoms with Crippen molar-refractivity contribution in [2.24, 2.45) is 5.73 Å². The Morgan fingerprint density at radius 3 is 2.29 bits per heavy atom. The topological polar surface area (TPSA) is 131 Å². The van der Waals surface area contributed by atoms with Crippen molar-refractivity contribution in [1.29, 1.82) is 0 Å². The maximum Gasteiger partial charge on any atom is 0.408 e. The molecule has 9 heteroatoms. The van der Waals surface area contributed by atoms with Crippen LogP contribution in [0.5, 0.6) is 0 Å². The Labute approximate surface area is 208 Å². The predicted octanol–water partition coefficient (Wildman–Crippen LogP) is 2.63. The highest BCUT2D eigenvalue weighted by atomic mass is 16.6. The van der Waals surface area contributed by atoms with Gasteiger partial charge in [0.15, 0.2) is 0 Å². The Kier molecular flexibility index (Phi) is 11.3. The number of rotatable bonds is 11. The van der Waals surface area contributed by atoms with E-state index in [-0.39, 0.29) is 25.4 Å². The predicted molar refractivity (Wildman–Crippen MR) is 134 cm³/mol. The second-order valence-corrected chi connectivity index (χ2v) is 9.53. The van der Waals surface area contributed by atoms with E-state index in [0.717, 1.165) is 0 Å². The lowest BCUT2D eigenvalue weighted by molar-refractivity contribution is -0.143. The first kappa shape index (κ1) is 29.5. The molecule has 192 valence electrons. The minimum absolute atomic E-state index is 0.0526. The summed E-state index contributed by atoms with van der Waals surface area (Å²) in [5.74, 6) is 1.00. The third-order valence-electron chi connectivity index (χ3n) is 4.82. The molecule has 0 heterocycles. The van der Waals surface area contributed by atoms with Gasteiger partial charge in [0.05, 0.1) is 0 Å². The zero-order valence-electron chi connectivity index (χ0n) is 21.5. The molecule has 1 aromatic rings. The van der Waals surface area contributed by atoms with Crippen molar-refractivity contribution in [2.75, 3.05) is 6.54 Å². The summed E-state index contributed by atoms with van der Waals surface area (Å²) in [6.07, 6.45) is 5.22. The number of alkyl carbamates (subject to hydrolysis) is 1. The molecule has 0 radical (unpaired) electrons. The van der Waals surface area contributed by atoms with Gasteiger partial charge in [-0.15, -0.1) is 6.42 Å². The smallest absolute Gasteiger partial charge is 0.408 e. The van der Waals surface area contributed by atoms with Crippen LogP contribution in [0.15, 0.2) is 24.3 Å². The van der Waals surface area contributed by atoms with E-state index in [4.69, 9.17) is 16.9 Å². The van der Waals surface area contributed by atoms with Crippen LogP contribution in [0.25, 0.3) is 0 Å². The lowest BCUT2D eigenvalue weighted by Crippen LogP contribution is -2.54. The fourth-order valence-electron chi connectivity index (χ4n) is 3.48. The molecule has 35 heavy (non-hydrogen) atoms. The molecule has 1 rings (SSSR count). The maximum absolute atomic E-state index is 13.8. The number of hydrogen-bond acceptors (Lipinski definition) is 5. The minimum Gasteiger partial charge on any atom is -0.444 e. The van der Waals surface area contributed by atoms with Crippen LogP contribution in [0.4, 0.5) is 4.79 Å². The van der Waals surface area contributed by atoms with E-state index < -0.39 is 41.5 Å². The van der Waals surface area contributed by atoms with Gasteiger partial charge in [0, 0.05) is 24.6 Å². The number of ether oxygens (including phenoxy) is 1. The molecule has 0 aliphatic heterocycles. The summed E-state index contributed by atoms with van der Waals surface area (Å²) in [6, 6.07) is 4.52. The quantitative estimate of drug-likeness (QED) is 0.414. The standard InChI is InChI=1S/C26H38N4O5/c1-8-16-30(22(23(32)28-17(3)4)19-13-11-10-12-18(19)9-2)24(33)20(14-15-21(27)31)29-25(34)35-26(5,6)7/h2,10-13,17,20,22H,8,14-16H2,1,3-7H3,(H2,27,31)(H,28,32)(H,29,34). The molecule has 0 bridgehead atoms. The van der Waals surface area contributed by atoms with Crippen molar-refractivity contribution < 1.29 is 23.9 Å². The highest BCUT2D eigenvalue weighted by Crippen LogP contribution is 2.26. The van der Waals surface area contributed by atoms with Gasteiger partial charge in [-0.3, -0.25) is 14.4 Å². The van der Waals surface area contributed by atoms with Gasteiger partial charge in [-0.2, -0.15) is 0 Å². The summed E-state index contributed by atoms with van der Waals surface area (Å²) in [6.45, 7) is 10.8. The summed E-state index contributed by atoms with van der Waals surface area (Å²) in [5, 5.41) is 5.41. The summed E-state index contributed by atoms with van der Waals surface area (Å²) < 4.78 is 5.30. The fourth-order valence-corrected chi connectivity index (χ4v) is 3.48. The second-order valence-electron chi connectivity index (χ2n) is 9.53. The molecule has 1 aromatic carbocycles. The zero-order chi connectivity index (χ0) is 26.8. The zero-order valence-corrected chi connectivity index (χ0v) is 21.5. The lowest BCUT2D eigenvalue weighted by Gasteiger charge is -2.35. The Morgan fingerprint density at radius 1 is 1.14 bits per heavy atom. The minimum atomic E-state index is -1.14. The Balaban J connectivity index is 3.51. The molecule has 4 amide bonds. The molecule has 0 spiro atoms. The molecular formula is C26H38N4O5. The number of amides is 4. The van der Waals surface area contributed by atoms with Crippen LogP contribution in [0.2, 0.25) is 0 Å². The van der Waals surface area contributed by atoms with Crippen molar-refractivity contribution in [3.63, 3.8) is 0 Å². The summed E-state index contributed by atoms with van der Waals surface area (Å²) in [5.41, 5.74) is 5.47. The number of terminal acetylenes is 1. The largest absolute Gasteiger partial charge is 0.444 e. The maximum atomic E-state index is 13.8. The van der Waals surface area contributed by atoms with Crippen LogP contribution in [-0.2, 0) is 19.1 Å². The Bertz CT molecular complexity index is 946. The number of hydrogen-bond donors (Lipinski definition) is 3. The van der Waals surface area contributed by atoms with Gasteiger partial charge in [0.1, 0.15) is 17.7 Å². The van der Waals surface area contributed by atoms with Gasteiger partial charge in [-0.05, 0) is 59.1 Å². The highest BCUT2D eigenvalue weighted by molar-refractivity contribution is 5.93. The number of primary amides is 1. The molecular weight excluding hydrogens is 448 g/mol. The number of benzene rings is 1. The van der Waals surface area contributed by atoms with Crippen LogP contribution in [0.1, 0.15) is 78.0 Å². The van der Waals surface area contributed by atoms with Crippen molar-refractivity contribution in [3.05, 3.63) is 35.4 Å². The van der Waals surface area contributed by atoms with Crippen LogP contribution >= 0.6 is 0 Å². The molecule has 2 atom stereocenters. The summed E-state index contributed by atoms with van der Waals surface area (Å²) in [4.78, 5) is 52.6. The number of nitrogens with one attached hydrogen (secondary N) is 2.